The predicted octanol–water partition coefficient (Wildman–Crippen LogP) is 3.57. The van der Waals surface area contributed by atoms with Crippen LogP contribution in [0.25, 0.3) is 0 Å². The Morgan fingerprint density at radius 1 is 1.50 bits per heavy atom. The van der Waals surface area contributed by atoms with E-state index in [9.17, 15) is 4.79 Å². The molecular formula is C13H17BrO2. The zero-order chi connectivity index (χ0) is 11.9. The normalized spacial score (nSPS) is 28.6. The molecule has 1 unspecified atom stereocenters. The summed E-state index contributed by atoms with van der Waals surface area (Å²) >= 11 is 3.47. The fourth-order valence-corrected chi connectivity index (χ4v) is 3.19. The lowest BCUT2D eigenvalue weighted by molar-refractivity contribution is -0.119. The van der Waals surface area contributed by atoms with Gasteiger partial charge >= 0.3 is 0 Å². The maximum absolute atomic E-state index is 11.9. The van der Waals surface area contributed by atoms with Gasteiger partial charge in [-0.05, 0) is 39.8 Å². The number of fused-ring (bicyclic) bond motifs is 1. The number of hydrogen-bond acceptors (Lipinski definition) is 2. The minimum atomic E-state index is 0.192. The van der Waals surface area contributed by atoms with Crippen LogP contribution in [0.4, 0.5) is 0 Å². The second kappa shape index (κ2) is 4.02. The van der Waals surface area contributed by atoms with E-state index in [1.54, 1.807) is 7.11 Å². The summed E-state index contributed by atoms with van der Waals surface area (Å²) in [5.41, 5.74) is 1.17. The average Bonchev–Trinajstić information content (AvgIpc) is 2.23. The van der Waals surface area contributed by atoms with Gasteiger partial charge in [-0.2, -0.15) is 0 Å². The lowest BCUT2D eigenvalue weighted by Gasteiger charge is -2.41. The molecule has 0 aromatic heterocycles. The molecule has 0 aliphatic heterocycles. The molecule has 0 amide bonds. The third-order valence-electron chi connectivity index (χ3n) is 3.82. The molecule has 0 heterocycles. The van der Waals surface area contributed by atoms with E-state index < -0.39 is 0 Å². The highest BCUT2D eigenvalue weighted by Crippen LogP contribution is 2.48. The monoisotopic (exact) mass is 284 g/mol. The quantitative estimate of drug-likeness (QED) is 0.736. The van der Waals surface area contributed by atoms with E-state index in [2.05, 4.69) is 29.8 Å². The summed E-state index contributed by atoms with van der Waals surface area (Å²) in [6.45, 7) is 4.48. The Morgan fingerprint density at radius 3 is 2.81 bits per heavy atom. The van der Waals surface area contributed by atoms with E-state index in [0.29, 0.717) is 18.1 Å². The van der Waals surface area contributed by atoms with E-state index in [-0.39, 0.29) is 5.41 Å². The number of ether oxygens (including phenoxy) is 1. The van der Waals surface area contributed by atoms with Gasteiger partial charge in [-0.3, -0.25) is 4.79 Å². The topological polar surface area (TPSA) is 26.3 Å². The molecule has 0 saturated heterocycles. The number of allylic oxidation sites excluding steroid dienone is 4. The fraction of sp³-hybridized carbons (Fsp3) is 0.615. The molecule has 1 saturated carbocycles. The van der Waals surface area contributed by atoms with Crippen molar-refractivity contribution in [3.63, 3.8) is 0 Å². The molecule has 16 heavy (non-hydrogen) atoms. The van der Waals surface area contributed by atoms with Gasteiger partial charge in [-0.25, -0.2) is 0 Å². The number of carbonyl (C=O) groups is 1. The number of carbonyl (C=O) groups excluding carboxylic acids is 1. The van der Waals surface area contributed by atoms with Crippen molar-refractivity contribution in [2.45, 2.75) is 33.1 Å². The Balaban J connectivity index is 2.42. The van der Waals surface area contributed by atoms with Gasteiger partial charge in [0, 0.05) is 18.4 Å². The van der Waals surface area contributed by atoms with Crippen LogP contribution < -0.4 is 0 Å². The van der Waals surface area contributed by atoms with Gasteiger partial charge in [0.15, 0.2) is 5.78 Å². The Morgan fingerprint density at radius 2 is 2.19 bits per heavy atom. The lowest BCUT2D eigenvalue weighted by atomic mass is 9.63. The van der Waals surface area contributed by atoms with Gasteiger partial charge < -0.3 is 4.74 Å². The lowest BCUT2D eigenvalue weighted by Crippen LogP contribution is -2.36. The van der Waals surface area contributed by atoms with Crippen LogP contribution in [0.3, 0.4) is 0 Å². The molecule has 1 fully saturated rings. The second-order valence-electron chi connectivity index (χ2n) is 5.24. The molecule has 0 aromatic carbocycles. The van der Waals surface area contributed by atoms with Crippen LogP contribution in [-0.2, 0) is 9.53 Å². The Bertz CT molecular complexity index is 391. The number of ketones is 1. The number of methoxy groups -OCH3 is 1. The molecule has 2 nitrogen and oxygen atoms in total. The molecule has 88 valence electrons. The second-order valence-corrected chi connectivity index (χ2v) is 6.10. The van der Waals surface area contributed by atoms with Crippen molar-refractivity contribution in [3.8, 4) is 0 Å². The summed E-state index contributed by atoms with van der Waals surface area (Å²) in [6.07, 6.45) is 4.44. The average molecular weight is 285 g/mol. The first kappa shape index (κ1) is 11.9. The maximum atomic E-state index is 11.9. The zero-order valence-electron chi connectivity index (χ0n) is 9.97. The van der Waals surface area contributed by atoms with Crippen molar-refractivity contribution in [1.82, 2.24) is 0 Å². The van der Waals surface area contributed by atoms with Gasteiger partial charge in [0.05, 0.1) is 11.6 Å². The van der Waals surface area contributed by atoms with E-state index in [0.717, 1.165) is 28.7 Å². The summed E-state index contributed by atoms with van der Waals surface area (Å²) < 4.78 is 6.28. The summed E-state index contributed by atoms with van der Waals surface area (Å²) in [7, 11) is 1.69. The zero-order valence-corrected chi connectivity index (χ0v) is 11.6. The fourth-order valence-electron chi connectivity index (χ4n) is 2.62. The number of hydrogen-bond donors (Lipinski definition) is 0. The van der Waals surface area contributed by atoms with Crippen LogP contribution in [0.2, 0.25) is 0 Å². The van der Waals surface area contributed by atoms with E-state index in [1.807, 2.05) is 6.08 Å². The molecule has 3 heteroatoms. The SMILES string of the molecule is COC1=C(Br)C=C2C(=O)CCC(C)(C)C2C1. The van der Waals surface area contributed by atoms with E-state index in [1.165, 1.54) is 0 Å². The Kier molecular flexibility index (Phi) is 2.99. The van der Waals surface area contributed by atoms with Crippen molar-refractivity contribution in [2.75, 3.05) is 7.11 Å². The summed E-state index contributed by atoms with van der Waals surface area (Å²) in [5.74, 6) is 1.57. The largest absolute Gasteiger partial charge is 0.500 e. The maximum Gasteiger partial charge on any atom is 0.159 e. The molecule has 0 N–H and O–H groups in total. The van der Waals surface area contributed by atoms with Crippen LogP contribution in [-0.4, -0.2) is 12.9 Å². The summed E-state index contributed by atoms with van der Waals surface area (Å²) in [4.78, 5) is 11.9. The number of Topliss-reactive ketones (excluding diaryl/α,β-unsaturated/α-hetero) is 1. The van der Waals surface area contributed by atoms with Gasteiger partial charge in [0.1, 0.15) is 5.76 Å². The highest BCUT2D eigenvalue weighted by atomic mass is 79.9. The van der Waals surface area contributed by atoms with E-state index >= 15 is 0 Å². The molecule has 0 spiro atoms. The first-order chi connectivity index (χ1) is 7.45. The Labute approximate surface area is 105 Å². The van der Waals surface area contributed by atoms with Crippen LogP contribution in [0, 0.1) is 11.3 Å². The predicted molar refractivity (Wildman–Crippen MR) is 67.2 cm³/mol. The first-order valence-electron chi connectivity index (χ1n) is 5.63. The van der Waals surface area contributed by atoms with Gasteiger partial charge in [0.2, 0.25) is 0 Å². The highest BCUT2D eigenvalue weighted by molar-refractivity contribution is 9.11. The third-order valence-corrected chi connectivity index (χ3v) is 4.49. The minimum absolute atomic E-state index is 0.192. The summed E-state index contributed by atoms with van der Waals surface area (Å²) in [5, 5.41) is 0. The molecule has 0 bridgehead atoms. The van der Waals surface area contributed by atoms with Crippen molar-refractivity contribution < 1.29 is 9.53 Å². The number of halogens is 1. The smallest absolute Gasteiger partial charge is 0.159 e. The van der Waals surface area contributed by atoms with Crippen molar-refractivity contribution in [3.05, 3.63) is 21.9 Å². The van der Waals surface area contributed by atoms with Crippen LogP contribution >= 0.6 is 15.9 Å². The first-order valence-corrected chi connectivity index (χ1v) is 6.42. The molecule has 2 aliphatic rings. The Hall–Kier alpha value is -0.570. The van der Waals surface area contributed by atoms with Crippen molar-refractivity contribution in [1.29, 1.82) is 0 Å². The number of rotatable bonds is 1. The van der Waals surface area contributed by atoms with Crippen LogP contribution in [0.1, 0.15) is 33.1 Å². The van der Waals surface area contributed by atoms with Crippen LogP contribution in [0.15, 0.2) is 21.9 Å². The van der Waals surface area contributed by atoms with Gasteiger partial charge in [0.25, 0.3) is 0 Å². The molecular weight excluding hydrogens is 268 g/mol. The van der Waals surface area contributed by atoms with Gasteiger partial charge in [-0.15, -0.1) is 0 Å². The van der Waals surface area contributed by atoms with Gasteiger partial charge in [-0.1, -0.05) is 13.8 Å². The summed E-state index contributed by atoms with van der Waals surface area (Å²) in [6, 6.07) is 0. The van der Waals surface area contributed by atoms with Crippen LogP contribution in [0.5, 0.6) is 0 Å². The molecule has 2 rings (SSSR count). The minimum Gasteiger partial charge on any atom is -0.500 e. The standard InChI is InChI=1S/C13H17BrO2/c1-13(2)5-4-11(15)8-6-10(14)12(16-3)7-9(8)13/h6,9H,4-5,7H2,1-3H3. The van der Waals surface area contributed by atoms with Crippen molar-refractivity contribution >= 4 is 21.7 Å². The third kappa shape index (κ3) is 1.86. The molecule has 0 aromatic rings. The molecule has 0 radical (unpaired) electrons. The van der Waals surface area contributed by atoms with Crippen molar-refractivity contribution in [2.24, 2.45) is 11.3 Å². The van der Waals surface area contributed by atoms with E-state index in [4.69, 9.17) is 4.74 Å². The molecule has 2 aliphatic carbocycles. The molecule has 1 atom stereocenters. The highest BCUT2D eigenvalue weighted by Gasteiger charge is 2.41.